The van der Waals surface area contributed by atoms with Crippen LogP contribution in [0.1, 0.15) is 58.8 Å². The van der Waals surface area contributed by atoms with Gasteiger partial charge in [0, 0.05) is 12.0 Å². The number of rotatable bonds is 4. The normalized spacial score (nSPS) is 31.6. The zero-order valence-electron chi connectivity index (χ0n) is 12.1. The molecule has 18 heavy (non-hydrogen) atoms. The van der Waals surface area contributed by atoms with Crippen LogP contribution in [0.2, 0.25) is 0 Å². The highest BCUT2D eigenvalue weighted by Gasteiger charge is 2.31. The predicted octanol–water partition coefficient (Wildman–Crippen LogP) is 3.67. The summed E-state index contributed by atoms with van der Waals surface area (Å²) in [7, 11) is 0. The van der Waals surface area contributed by atoms with Gasteiger partial charge in [0.2, 0.25) is 0 Å². The predicted molar refractivity (Wildman–Crippen MR) is 76.8 cm³/mol. The summed E-state index contributed by atoms with van der Waals surface area (Å²) in [4.78, 5) is 0. The van der Waals surface area contributed by atoms with Crippen molar-refractivity contribution in [3.63, 3.8) is 0 Å². The Morgan fingerprint density at radius 2 is 2.17 bits per heavy atom. The Morgan fingerprint density at radius 3 is 2.89 bits per heavy atom. The number of hydrogen-bond acceptors (Lipinski definition) is 2. The van der Waals surface area contributed by atoms with E-state index in [1.54, 1.807) is 5.57 Å². The summed E-state index contributed by atoms with van der Waals surface area (Å²) in [5.41, 5.74) is 1.67. The Hall–Kier alpha value is -0.340. The summed E-state index contributed by atoms with van der Waals surface area (Å²) < 4.78 is 5.77. The fourth-order valence-corrected chi connectivity index (χ4v) is 3.40. The van der Waals surface area contributed by atoms with Crippen molar-refractivity contribution < 1.29 is 4.74 Å². The van der Waals surface area contributed by atoms with Crippen molar-refractivity contribution in [1.82, 2.24) is 5.32 Å². The van der Waals surface area contributed by atoms with Crippen molar-refractivity contribution in [3.05, 3.63) is 11.6 Å². The molecule has 0 aromatic rings. The zero-order valence-corrected chi connectivity index (χ0v) is 12.1. The molecule has 0 amide bonds. The molecule has 1 saturated heterocycles. The summed E-state index contributed by atoms with van der Waals surface area (Å²) in [6.45, 7) is 6.42. The van der Waals surface area contributed by atoms with Crippen LogP contribution in [0.3, 0.4) is 0 Å². The molecule has 1 N–H and O–H groups in total. The monoisotopic (exact) mass is 251 g/mol. The summed E-state index contributed by atoms with van der Waals surface area (Å²) in [6, 6.07) is 0.568. The van der Waals surface area contributed by atoms with Gasteiger partial charge in [0.25, 0.3) is 0 Å². The van der Waals surface area contributed by atoms with Gasteiger partial charge in [0.05, 0.1) is 12.7 Å². The Morgan fingerprint density at radius 1 is 1.33 bits per heavy atom. The van der Waals surface area contributed by atoms with E-state index in [2.05, 4.69) is 25.2 Å². The van der Waals surface area contributed by atoms with Crippen LogP contribution < -0.4 is 5.32 Å². The summed E-state index contributed by atoms with van der Waals surface area (Å²) >= 11 is 0. The van der Waals surface area contributed by atoms with E-state index >= 15 is 0 Å². The van der Waals surface area contributed by atoms with Crippen LogP contribution in [0.5, 0.6) is 0 Å². The van der Waals surface area contributed by atoms with E-state index in [4.69, 9.17) is 4.74 Å². The van der Waals surface area contributed by atoms with E-state index in [9.17, 15) is 0 Å². The molecule has 1 aliphatic heterocycles. The SMILES string of the molecule is CCNC(C1=CCCCCCC1)C1COC(C)C1. The largest absolute Gasteiger partial charge is 0.378 e. The molecule has 1 aliphatic carbocycles. The van der Waals surface area contributed by atoms with E-state index in [-0.39, 0.29) is 0 Å². The minimum Gasteiger partial charge on any atom is -0.378 e. The number of likely N-dealkylation sites (N-methyl/N-ethyl adjacent to an activating group) is 1. The lowest BCUT2D eigenvalue weighted by atomic mass is 9.86. The lowest BCUT2D eigenvalue weighted by molar-refractivity contribution is 0.118. The molecule has 0 bridgehead atoms. The second kappa shape index (κ2) is 7.30. The molecule has 2 rings (SSSR count). The fraction of sp³-hybridized carbons (Fsp3) is 0.875. The first-order chi connectivity index (χ1) is 8.81. The highest BCUT2D eigenvalue weighted by Crippen LogP contribution is 2.29. The Balaban J connectivity index is 2.02. The smallest absolute Gasteiger partial charge is 0.0551 e. The van der Waals surface area contributed by atoms with E-state index in [1.807, 2.05) is 0 Å². The van der Waals surface area contributed by atoms with E-state index in [0.29, 0.717) is 18.1 Å². The topological polar surface area (TPSA) is 21.3 Å². The summed E-state index contributed by atoms with van der Waals surface area (Å²) in [6.07, 6.45) is 12.3. The van der Waals surface area contributed by atoms with Gasteiger partial charge in [-0.2, -0.15) is 0 Å². The third-order valence-corrected chi connectivity index (χ3v) is 4.35. The van der Waals surface area contributed by atoms with Crippen molar-refractivity contribution in [3.8, 4) is 0 Å². The second-order valence-corrected chi connectivity index (χ2v) is 5.91. The highest BCUT2D eigenvalue weighted by molar-refractivity contribution is 5.14. The van der Waals surface area contributed by atoms with Crippen molar-refractivity contribution in [2.24, 2.45) is 5.92 Å². The molecule has 2 heteroatoms. The number of nitrogens with one attached hydrogen (secondary N) is 1. The Bertz CT molecular complexity index is 274. The van der Waals surface area contributed by atoms with Crippen molar-refractivity contribution >= 4 is 0 Å². The first-order valence-corrected chi connectivity index (χ1v) is 7.85. The third kappa shape index (κ3) is 3.83. The fourth-order valence-electron chi connectivity index (χ4n) is 3.40. The Labute approximate surface area is 112 Å². The third-order valence-electron chi connectivity index (χ3n) is 4.35. The van der Waals surface area contributed by atoms with E-state index in [0.717, 1.165) is 13.2 Å². The van der Waals surface area contributed by atoms with Gasteiger partial charge in [0.15, 0.2) is 0 Å². The van der Waals surface area contributed by atoms with Gasteiger partial charge in [0.1, 0.15) is 0 Å². The molecule has 1 fully saturated rings. The summed E-state index contributed by atoms with van der Waals surface area (Å²) in [5, 5.41) is 3.71. The molecule has 0 spiro atoms. The van der Waals surface area contributed by atoms with Crippen LogP contribution >= 0.6 is 0 Å². The number of ether oxygens (including phenoxy) is 1. The van der Waals surface area contributed by atoms with E-state index in [1.165, 1.54) is 44.9 Å². The molecule has 1 heterocycles. The van der Waals surface area contributed by atoms with Crippen LogP contribution in [0.25, 0.3) is 0 Å². The Kier molecular flexibility index (Phi) is 5.71. The van der Waals surface area contributed by atoms with Crippen molar-refractivity contribution in [2.75, 3.05) is 13.2 Å². The minimum absolute atomic E-state index is 0.449. The molecule has 0 radical (unpaired) electrons. The lowest BCUT2D eigenvalue weighted by Crippen LogP contribution is -2.38. The van der Waals surface area contributed by atoms with Crippen LogP contribution in [-0.4, -0.2) is 25.3 Å². The molecule has 2 nitrogen and oxygen atoms in total. The minimum atomic E-state index is 0.449. The van der Waals surface area contributed by atoms with Crippen molar-refractivity contribution in [1.29, 1.82) is 0 Å². The maximum absolute atomic E-state index is 5.77. The molecule has 0 saturated carbocycles. The average Bonchev–Trinajstić information content (AvgIpc) is 2.73. The standard InChI is InChI=1S/C16H29NO/c1-3-17-16(15-11-13(2)18-12-15)14-9-7-5-4-6-8-10-14/h9,13,15-17H,3-8,10-12H2,1-2H3. The zero-order chi connectivity index (χ0) is 12.8. The molecule has 104 valence electrons. The molecule has 0 aromatic heterocycles. The van der Waals surface area contributed by atoms with Crippen molar-refractivity contribution in [2.45, 2.75) is 70.9 Å². The van der Waals surface area contributed by atoms with Gasteiger partial charge < -0.3 is 10.1 Å². The quantitative estimate of drug-likeness (QED) is 0.770. The van der Waals surface area contributed by atoms with Gasteiger partial charge in [-0.15, -0.1) is 0 Å². The van der Waals surface area contributed by atoms with Gasteiger partial charge in [-0.25, -0.2) is 0 Å². The summed E-state index contributed by atoms with van der Waals surface area (Å²) in [5.74, 6) is 0.686. The number of allylic oxidation sites excluding steroid dienone is 1. The molecule has 3 atom stereocenters. The maximum atomic E-state index is 5.77. The average molecular weight is 251 g/mol. The van der Waals surface area contributed by atoms with Crippen LogP contribution in [-0.2, 0) is 4.74 Å². The van der Waals surface area contributed by atoms with Gasteiger partial charge >= 0.3 is 0 Å². The molecular formula is C16H29NO. The molecule has 3 unspecified atom stereocenters. The van der Waals surface area contributed by atoms with Gasteiger partial charge in [-0.1, -0.05) is 31.4 Å². The van der Waals surface area contributed by atoms with Crippen LogP contribution in [0.15, 0.2) is 11.6 Å². The van der Waals surface area contributed by atoms with Gasteiger partial charge in [-0.05, 0) is 45.6 Å². The highest BCUT2D eigenvalue weighted by atomic mass is 16.5. The first-order valence-electron chi connectivity index (χ1n) is 7.85. The molecule has 0 aromatic carbocycles. The molecule has 2 aliphatic rings. The molecular weight excluding hydrogens is 222 g/mol. The van der Waals surface area contributed by atoms with Crippen LogP contribution in [0, 0.1) is 5.92 Å². The first kappa shape index (κ1) is 14.1. The van der Waals surface area contributed by atoms with Crippen LogP contribution in [0.4, 0.5) is 0 Å². The lowest BCUT2D eigenvalue weighted by Gasteiger charge is -2.27. The second-order valence-electron chi connectivity index (χ2n) is 5.91. The van der Waals surface area contributed by atoms with Gasteiger partial charge in [-0.3, -0.25) is 0 Å². The maximum Gasteiger partial charge on any atom is 0.0551 e. The number of hydrogen-bond donors (Lipinski definition) is 1. The van der Waals surface area contributed by atoms with E-state index < -0.39 is 0 Å².